The summed E-state index contributed by atoms with van der Waals surface area (Å²) in [5, 5.41) is 3.38. The number of rotatable bonds is 5. The van der Waals surface area contributed by atoms with Crippen molar-refractivity contribution in [1.82, 2.24) is 0 Å². The molecular formula is C16H15BrClNO3. The maximum Gasteiger partial charge on any atom is 0.265 e. The predicted octanol–water partition coefficient (Wildman–Crippen LogP) is 4.52. The van der Waals surface area contributed by atoms with Gasteiger partial charge in [0.1, 0.15) is 11.5 Å². The number of nitrogens with one attached hydrogen (secondary N) is 1. The Morgan fingerprint density at radius 3 is 2.50 bits per heavy atom. The standard InChI is InChI=1S/C16H15BrClNO3/c1-10(22-15-8-3-11(18)9-14(15)17)16(20)19-12-4-6-13(21-2)7-5-12/h3-10H,1-2H3,(H,19,20). The average molecular weight is 385 g/mol. The third kappa shape index (κ3) is 4.39. The van der Waals surface area contributed by atoms with E-state index in [4.69, 9.17) is 21.1 Å². The summed E-state index contributed by atoms with van der Waals surface area (Å²) in [5.41, 5.74) is 0.677. The lowest BCUT2D eigenvalue weighted by atomic mass is 10.2. The summed E-state index contributed by atoms with van der Waals surface area (Å²) in [4.78, 5) is 12.1. The number of hydrogen-bond donors (Lipinski definition) is 1. The van der Waals surface area contributed by atoms with Crippen molar-refractivity contribution in [3.63, 3.8) is 0 Å². The van der Waals surface area contributed by atoms with E-state index >= 15 is 0 Å². The van der Waals surface area contributed by atoms with Crippen molar-refractivity contribution < 1.29 is 14.3 Å². The third-order valence-electron chi connectivity index (χ3n) is 2.92. The monoisotopic (exact) mass is 383 g/mol. The highest BCUT2D eigenvalue weighted by molar-refractivity contribution is 9.10. The molecule has 0 radical (unpaired) electrons. The van der Waals surface area contributed by atoms with Crippen molar-refractivity contribution in [2.75, 3.05) is 12.4 Å². The summed E-state index contributed by atoms with van der Waals surface area (Å²) in [5.74, 6) is 1.04. The van der Waals surface area contributed by atoms with E-state index in [-0.39, 0.29) is 5.91 Å². The molecule has 22 heavy (non-hydrogen) atoms. The van der Waals surface area contributed by atoms with Gasteiger partial charge in [-0.1, -0.05) is 11.6 Å². The molecule has 0 aliphatic carbocycles. The van der Waals surface area contributed by atoms with Crippen LogP contribution in [0.5, 0.6) is 11.5 Å². The van der Waals surface area contributed by atoms with Crippen molar-refractivity contribution in [2.45, 2.75) is 13.0 Å². The molecule has 1 amide bonds. The summed E-state index contributed by atoms with van der Waals surface area (Å²) in [6, 6.07) is 12.2. The predicted molar refractivity (Wildman–Crippen MR) is 90.9 cm³/mol. The van der Waals surface area contributed by atoms with Crippen molar-refractivity contribution in [3.8, 4) is 11.5 Å². The number of hydrogen-bond acceptors (Lipinski definition) is 3. The Hall–Kier alpha value is -1.72. The number of carbonyl (C=O) groups is 1. The minimum atomic E-state index is -0.653. The van der Waals surface area contributed by atoms with Crippen molar-refractivity contribution in [2.24, 2.45) is 0 Å². The van der Waals surface area contributed by atoms with Crippen LogP contribution in [0.1, 0.15) is 6.92 Å². The molecule has 0 bridgehead atoms. The molecule has 0 heterocycles. The lowest BCUT2D eigenvalue weighted by Gasteiger charge is -2.16. The SMILES string of the molecule is COc1ccc(NC(=O)C(C)Oc2ccc(Cl)cc2Br)cc1. The highest BCUT2D eigenvalue weighted by Gasteiger charge is 2.16. The Labute approximate surface area is 142 Å². The van der Waals surface area contributed by atoms with E-state index < -0.39 is 6.10 Å². The van der Waals surface area contributed by atoms with Crippen LogP contribution in [-0.2, 0) is 4.79 Å². The summed E-state index contributed by atoms with van der Waals surface area (Å²) in [6.45, 7) is 1.68. The molecule has 0 saturated carbocycles. The van der Waals surface area contributed by atoms with E-state index in [0.29, 0.717) is 20.9 Å². The van der Waals surface area contributed by atoms with Gasteiger partial charge in [-0.3, -0.25) is 4.79 Å². The molecule has 0 aromatic heterocycles. The highest BCUT2D eigenvalue weighted by atomic mass is 79.9. The second kappa shape index (κ2) is 7.51. The first-order valence-corrected chi connectivity index (χ1v) is 7.73. The number of halogens is 2. The Balaban J connectivity index is 1.99. The molecule has 2 rings (SSSR count). The molecule has 2 aromatic carbocycles. The third-order valence-corrected chi connectivity index (χ3v) is 3.78. The lowest BCUT2D eigenvalue weighted by Crippen LogP contribution is -2.30. The van der Waals surface area contributed by atoms with Gasteiger partial charge in [0.2, 0.25) is 0 Å². The second-order valence-corrected chi connectivity index (χ2v) is 5.84. The van der Waals surface area contributed by atoms with E-state index in [0.717, 1.165) is 5.75 Å². The lowest BCUT2D eigenvalue weighted by molar-refractivity contribution is -0.122. The zero-order valence-corrected chi connectivity index (χ0v) is 14.4. The molecule has 0 spiro atoms. The summed E-state index contributed by atoms with van der Waals surface area (Å²) in [6.07, 6.45) is -0.653. The van der Waals surface area contributed by atoms with E-state index in [9.17, 15) is 4.79 Å². The Kier molecular flexibility index (Phi) is 5.69. The van der Waals surface area contributed by atoms with E-state index in [2.05, 4.69) is 21.2 Å². The van der Waals surface area contributed by atoms with Gasteiger partial charge in [-0.25, -0.2) is 0 Å². The van der Waals surface area contributed by atoms with E-state index in [1.54, 1.807) is 56.5 Å². The number of carbonyl (C=O) groups excluding carboxylic acids is 1. The molecule has 116 valence electrons. The van der Waals surface area contributed by atoms with Gasteiger partial charge < -0.3 is 14.8 Å². The molecule has 2 aromatic rings. The topological polar surface area (TPSA) is 47.6 Å². The van der Waals surface area contributed by atoms with Gasteiger partial charge in [-0.2, -0.15) is 0 Å². The minimum Gasteiger partial charge on any atom is -0.497 e. The maximum absolute atomic E-state index is 12.1. The van der Waals surface area contributed by atoms with Crippen LogP contribution in [0.3, 0.4) is 0 Å². The molecule has 0 aliphatic rings. The fourth-order valence-electron chi connectivity index (χ4n) is 1.73. The Morgan fingerprint density at radius 2 is 1.91 bits per heavy atom. The molecule has 0 fully saturated rings. The number of amides is 1. The summed E-state index contributed by atoms with van der Waals surface area (Å²) < 4.78 is 11.4. The van der Waals surface area contributed by atoms with Crippen molar-refractivity contribution >= 4 is 39.1 Å². The van der Waals surface area contributed by atoms with Crippen LogP contribution < -0.4 is 14.8 Å². The zero-order valence-electron chi connectivity index (χ0n) is 12.1. The van der Waals surface area contributed by atoms with Crippen LogP contribution in [0, 0.1) is 0 Å². The first-order valence-electron chi connectivity index (χ1n) is 6.56. The number of anilines is 1. The van der Waals surface area contributed by atoms with Crippen LogP contribution in [0.25, 0.3) is 0 Å². The number of methoxy groups -OCH3 is 1. The van der Waals surface area contributed by atoms with Gasteiger partial charge in [-0.05, 0) is 65.3 Å². The van der Waals surface area contributed by atoms with Crippen molar-refractivity contribution in [1.29, 1.82) is 0 Å². The quantitative estimate of drug-likeness (QED) is 0.824. The Bertz CT molecular complexity index is 661. The normalized spacial score (nSPS) is 11.6. The molecule has 4 nitrogen and oxygen atoms in total. The van der Waals surface area contributed by atoms with Gasteiger partial charge >= 0.3 is 0 Å². The molecule has 1 atom stereocenters. The van der Waals surface area contributed by atoms with Gasteiger partial charge in [0, 0.05) is 10.7 Å². The highest BCUT2D eigenvalue weighted by Crippen LogP contribution is 2.29. The van der Waals surface area contributed by atoms with Crippen LogP contribution in [0.2, 0.25) is 5.02 Å². The number of ether oxygens (including phenoxy) is 2. The summed E-state index contributed by atoms with van der Waals surface area (Å²) >= 11 is 9.23. The maximum atomic E-state index is 12.1. The van der Waals surface area contributed by atoms with Gasteiger partial charge in [0.05, 0.1) is 11.6 Å². The van der Waals surface area contributed by atoms with E-state index in [1.807, 2.05) is 0 Å². The fourth-order valence-corrected chi connectivity index (χ4v) is 2.51. The molecule has 6 heteroatoms. The fraction of sp³-hybridized carbons (Fsp3) is 0.188. The first-order chi connectivity index (χ1) is 10.5. The molecule has 0 aliphatic heterocycles. The van der Waals surface area contributed by atoms with Gasteiger partial charge in [-0.15, -0.1) is 0 Å². The molecule has 0 saturated heterocycles. The largest absolute Gasteiger partial charge is 0.497 e. The first kappa shape index (κ1) is 16.6. The second-order valence-electron chi connectivity index (χ2n) is 4.55. The average Bonchev–Trinajstić information content (AvgIpc) is 2.50. The zero-order chi connectivity index (χ0) is 16.1. The van der Waals surface area contributed by atoms with Crippen LogP contribution in [0.4, 0.5) is 5.69 Å². The van der Waals surface area contributed by atoms with Crippen LogP contribution in [-0.4, -0.2) is 19.1 Å². The van der Waals surface area contributed by atoms with Crippen molar-refractivity contribution in [3.05, 3.63) is 52.0 Å². The molecular weight excluding hydrogens is 370 g/mol. The summed E-state index contributed by atoms with van der Waals surface area (Å²) in [7, 11) is 1.59. The number of benzene rings is 2. The molecule has 1 unspecified atom stereocenters. The van der Waals surface area contributed by atoms with Crippen LogP contribution in [0.15, 0.2) is 46.9 Å². The van der Waals surface area contributed by atoms with Gasteiger partial charge in [0.25, 0.3) is 5.91 Å². The van der Waals surface area contributed by atoms with Gasteiger partial charge in [0.15, 0.2) is 6.10 Å². The minimum absolute atomic E-state index is 0.244. The Morgan fingerprint density at radius 1 is 1.23 bits per heavy atom. The van der Waals surface area contributed by atoms with E-state index in [1.165, 1.54) is 0 Å². The smallest absolute Gasteiger partial charge is 0.265 e. The van der Waals surface area contributed by atoms with Crippen LogP contribution >= 0.6 is 27.5 Å². The molecule has 1 N–H and O–H groups in total.